The largest absolute Gasteiger partial charge is 0.385 e. The van der Waals surface area contributed by atoms with Crippen LogP contribution < -0.4 is 5.32 Å². The van der Waals surface area contributed by atoms with E-state index in [1.165, 1.54) is 25.9 Å². The molecule has 0 aromatic carbocycles. The molecule has 1 aliphatic heterocycles. The second-order valence-corrected chi connectivity index (χ2v) is 5.72. The summed E-state index contributed by atoms with van der Waals surface area (Å²) in [4.78, 5) is 2.63. The van der Waals surface area contributed by atoms with E-state index in [0.29, 0.717) is 11.6 Å². The summed E-state index contributed by atoms with van der Waals surface area (Å²) in [6, 6.07) is 0.653. The highest BCUT2D eigenvalue weighted by atomic mass is 16.5. The molecule has 0 aromatic rings. The van der Waals surface area contributed by atoms with E-state index in [0.717, 1.165) is 25.5 Å². The van der Waals surface area contributed by atoms with E-state index in [1.807, 2.05) is 0 Å². The molecule has 2 rings (SSSR count). The van der Waals surface area contributed by atoms with Crippen LogP contribution >= 0.6 is 0 Å². The van der Waals surface area contributed by atoms with Gasteiger partial charge in [0.1, 0.15) is 0 Å². The summed E-state index contributed by atoms with van der Waals surface area (Å²) in [7, 11) is 1.79. The Hall–Kier alpha value is -0.120. The van der Waals surface area contributed by atoms with E-state index >= 15 is 0 Å². The average Bonchev–Trinajstić information content (AvgIpc) is 3.10. The van der Waals surface area contributed by atoms with Gasteiger partial charge in [-0.3, -0.25) is 4.90 Å². The molecule has 1 saturated heterocycles. The number of ether oxygens (including phenoxy) is 1. The first-order valence-electron chi connectivity index (χ1n) is 6.64. The van der Waals surface area contributed by atoms with E-state index in [2.05, 4.69) is 24.1 Å². The molecule has 2 aliphatic rings. The Morgan fingerprint density at radius 3 is 2.88 bits per heavy atom. The molecule has 0 radical (unpaired) electrons. The van der Waals surface area contributed by atoms with Crippen molar-refractivity contribution in [2.75, 3.05) is 33.4 Å². The van der Waals surface area contributed by atoms with Crippen LogP contribution in [-0.2, 0) is 4.74 Å². The lowest BCUT2D eigenvalue weighted by Crippen LogP contribution is -2.61. The predicted octanol–water partition coefficient (Wildman–Crippen LogP) is 1.49. The summed E-state index contributed by atoms with van der Waals surface area (Å²) < 4.78 is 5.17. The Morgan fingerprint density at radius 2 is 2.25 bits per heavy atom. The van der Waals surface area contributed by atoms with Crippen LogP contribution in [-0.4, -0.2) is 49.8 Å². The Balaban J connectivity index is 1.85. The van der Waals surface area contributed by atoms with Gasteiger partial charge in [0, 0.05) is 44.9 Å². The maximum atomic E-state index is 5.17. The lowest BCUT2D eigenvalue weighted by Gasteiger charge is -2.44. The van der Waals surface area contributed by atoms with Crippen LogP contribution in [0.3, 0.4) is 0 Å². The van der Waals surface area contributed by atoms with Crippen molar-refractivity contribution >= 4 is 0 Å². The molecular weight excluding hydrogens is 200 g/mol. The van der Waals surface area contributed by atoms with Gasteiger partial charge in [-0.05, 0) is 39.0 Å². The molecule has 0 bridgehead atoms. The van der Waals surface area contributed by atoms with Crippen molar-refractivity contribution in [3.8, 4) is 0 Å². The monoisotopic (exact) mass is 226 g/mol. The third-order valence-corrected chi connectivity index (χ3v) is 4.30. The molecule has 2 unspecified atom stereocenters. The summed E-state index contributed by atoms with van der Waals surface area (Å²) >= 11 is 0. The molecule has 16 heavy (non-hydrogen) atoms. The number of piperazine rings is 1. The maximum Gasteiger partial charge on any atom is 0.0477 e. The second-order valence-electron chi connectivity index (χ2n) is 5.72. The number of rotatable bonds is 5. The summed E-state index contributed by atoms with van der Waals surface area (Å²) in [5.41, 5.74) is 0.375. The van der Waals surface area contributed by atoms with Gasteiger partial charge >= 0.3 is 0 Å². The molecule has 2 fully saturated rings. The normalized spacial score (nSPS) is 33.9. The second kappa shape index (κ2) is 5.03. The van der Waals surface area contributed by atoms with Gasteiger partial charge in [0.05, 0.1) is 0 Å². The fourth-order valence-corrected chi connectivity index (χ4v) is 2.88. The van der Waals surface area contributed by atoms with Crippen molar-refractivity contribution in [3.05, 3.63) is 0 Å². The fourth-order valence-electron chi connectivity index (χ4n) is 2.88. The molecule has 0 amide bonds. The number of methoxy groups -OCH3 is 1. The highest BCUT2D eigenvalue weighted by Gasteiger charge is 2.44. The van der Waals surface area contributed by atoms with Crippen LogP contribution in [0.25, 0.3) is 0 Å². The lowest BCUT2D eigenvalue weighted by atomic mass is 9.92. The zero-order valence-corrected chi connectivity index (χ0v) is 11.0. The Morgan fingerprint density at radius 1 is 1.50 bits per heavy atom. The third kappa shape index (κ3) is 2.76. The molecule has 1 N–H and O–H groups in total. The molecule has 3 nitrogen and oxygen atoms in total. The van der Waals surface area contributed by atoms with Crippen LogP contribution in [0.4, 0.5) is 0 Å². The van der Waals surface area contributed by atoms with Crippen LogP contribution in [0.15, 0.2) is 0 Å². The Bertz CT molecular complexity index is 230. The predicted molar refractivity (Wildman–Crippen MR) is 66.7 cm³/mol. The first kappa shape index (κ1) is 12.3. The maximum absolute atomic E-state index is 5.17. The quantitative estimate of drug-likeness (QED) is 0.768. The highest BCUT2D eigenvalue weighted by molar-refractivity contribution is 5.02. The van der Waals surface area contributed by atoms with Gasteiger partial charge in [-0.2, -0.15) is 0 Å². The van der Waals surface area contributed by atoms with Gasteiger partial charge < -0.3 is 10.1 Å². The van der Waals surface area contributed by atoms with Gasteiger partial charge in [-0.1, -0.05) is 0 Å². The lowest BCUT2D eigenvalue weighted by molar-refractivity contribution is 0.0756. The van der Waals surface area contributed by atoms with E-state index in [9.17, 15) is 0 Å². The van der Waals surface area contributed by atoms with E-state index in [1.54, 1.807) is 7.11 Å². The topological polar surface area (TPSA) is 24.5 Å². The van der Waals surface area contributed by atoms with Crippen molar-refractivity contribution in [1.82, 2.24) is 10.2 Å². The minimum absolute atomic E-state index is 0.375. The van der Waals surface area contributed by atoms with Gasteiger partial charge in [-0.25, -0.2) is 0 Å². The van der Waals surface area contributed by atoms with Crippen LogP contribution in [0.1, 0.15) is 33.1 Å². The Kier molecular flexibility index (Phi) is 3.88. The van der Waals surface area contributed by atoms with Gasteiger partial charge in [0.15, 0.2) is 0 Å². The van der Waals surface area contributed by atoms with Gasteiger partial charge in [0.25, 0.3) is 0 Å². The zero-order chi connectivity index (χ0) is 11.6. The molecule has 1 aliphatic carbocycles. The van der Waals surface area contributed by atoms with Gasteiger partial charge in [0.2, 0.25) is 0 Å². The van der Waals surface area contributed by atoms with Crippen molar-refractivity contribution in [1.29, 1.82) is 0 Å². The highest BCUT2D eigenvalue weighted by Crippen LogP contribution is 2.41. The van der Waals surface area contributed by atoms with E-state index < -0.39 is 0 Å². The van der Waals surface area contributed by atoms with Crippen molar-refractivity contribution in [2.24, 2.45) is 5.92 Å². The minimum atomic E-state index is 0.375. The standard InChI is InChI=1S/C13H26N2O/c1-11(6-9-16-3)15-8-7-14-13(2,10-15)12-4-5-12/h11-12,14H,4-10H2,1-3H3. The molecule has 1 saturated carbocycles. The smallest absolute Gasteiger partial charge is 0.0477 e. The molecule has 1 heterocycles. The average molecular weight is 226 g/mol. The van der Waals surface area contributed by atoms with Crippen LogP contribution in [0.5, 0.6) is 0 Å². The summed E-state index contributed by atoms with van der Waals surface area (Å²) in [6.07, 6.45) is 3.99. The zero-order valence-electron chi connectivity index (χ0n) is 11.0. The SMILES string of the molecule is COCCC(C)N1CCNC(C)(C2CC2)C1. The van der Waals surface area contributed by atoms with Crippen molar-refractivity contribution in [2.45, 2.75) is 44.7 Å². The van der Waals surface area contributed by atoms with Crippen molar-refractivity contribution < 1.29 is 4.74 Å². The molecule has 0 spiro atoms. The first-order chi connectivity index (χ1) is 7.65. The molecular formula is C13H26N2O. The molecule has 3 heteroatoms. The fraction of sp³-hybridized carbons (Fsp3) is 1.00. The number of nitrogens with zero attached hydrogens (tertiary/aromatic N) is 1. The van der Waals surface area contributed by atoms with Crippen LogP contribution in [0, 0.1) is 5.92 Å². The van der Waals surface area contributed by atoms with Crippen molar-refractivity contribution in [3.63, 3.8) is 0 Å². The summed E-state index contributed by atoms with van der Waals surface area (Å²) in [5.74, 6) is 0.921. The van der Waals surface area contributed by atoms with Gasteiger partial charge in [-0.15, -0.1) is 0 Å². The summed E-state index contributed by atoms with van der Waals surface area (Å²) in [5, 5.41) is 3.73. The summed E-state index contributed by atoms with van der Waals surface area (Å²) in [6.45, 7) is 9.16. The third-order valence-electron chi connectivity index (χ3n) is 4.30. The van der Waals surface area contributed by atoms with Crippen LogP contribution in [0.2, 0.25) is 0 Å². The van der Waals surface area contributed by atoms with E-state index in [-0.39, 0.29) is 0 Å². The van der Waals surface area contributed by atoms with E-state index in [4.69, 9.17) is 4.74 Å². The molecule has 2 atom stereocenters. The number of nitrogens with one attached hydrogen (secondary N) is 1. The number of hydrogen-bond donors (Lipinski definition) is 1. The Labute approximate surface area is 99.5 Å². The number of hydrogen-bond acceptors (Lipinski definition) is 3. The molecule has 94 valence electrons. The first-order valence-corrected chi connectivity index (χ1v) is 6.64. The molecule has 0 aromatic heterocycles. The minimum Gasteiger partial charge on any atom is -0.385 e.